The predicted molar refractivity (Wildman–Crippen MR) is 157 cm³/mol. The number of hydrogen-bond acceptors (Lipinski definition) is 6. The molecule has 1 heterocycles. The number of nitrogen functional groups attached to an aromatic ring is 1. The van der Waals surface area contributed by atoms with Crippen molar-refractivity contribution in [1.82, 2.24) is 4.90 Å². The number of allylic oxidation sites excluding steroid dienone is 1. The van der Waals surface area contributed by atoms with Gasteiger partial charge in [0.1, 0.15) is 11.4 Å². The predicted octanol–water partition coefficient (Wildman–Crippen LogP) is 5.19. The first kappa shape index (κ1) is 31.6. The molecule has 0 saturated carbocycles. The third kappa shape index (κ3) is 8.07. The summed E-state index contributed by atoms with van der Waals surface area (Å²) in [6.07, 6.45) is 0.161. The Bertz CT molecular complexity index is 1340. The average Bonchev–Trinajstić information content (AvgIpc) is 2.81. The van der Waals surface area contributed by atoms with Gasteiger partial charge in [0.05, 0.1) is 29.3 Å². The highest BCUT2D eigenvalue weighted by Gasteiger charge is 2.45. The number of carbonyl (C=O) groups excluding carboxylic acids is 1. The van der Waals surface area contributed by atoms with Crippen LogP contribution in [0.3, 0.4) is 0 Å². The van der Waals surface area contributed by atoms with Crippen molar-refractivity contribution < 1.29 is 27.4 Å². The first-order chi connectivity index (χ1) is 18.4. The van der Waals surface area contributed by atoms with Crippen LogP contribution >= 0.6 is 0 Å². The van der Waals surface area contributed by atoms with Crippen molar-refractivity contribution in [3.63, 3.8) is 0 Å². The van der Waals surface area contributed by atoms with Gasteiger partial charge in [0.25, 0.3) is 0 Å². The third-order valence-corrected chi connectivity index (χ3v) is 8.87. The third-order valence-electron chi connectivity index (χ3n) is 7.08. The number of aliphatic hydroxyl groups excluding tert-OH is 1. The van der Waals surface area contributed by atoms with Gasteiger partial charge in [-0.2, -0.15) is 0 Å². The number of ether oxygens (including phenoxy) is 1. The van der Waals surface area contributed by atoms with Crippen LogP contribution in [-0.4, -0.2) is 53.8 Å². The topological polar surface area (TPSA) is 110 Å². The Balaban J connectivity index is 2.00. The molecule has 2 aromatic rings. The van der Waals surface area contributed by atoms with Crippen molar-refractivity contribution in [3.05, 3.63) is 77.1 Å². The molecule has 9 heteroatoms. The van der Waals surface area contributed by atoms with E-state index in [0.29, 0.717) is 17.5 Å². The Morgan fingerprint density at radius 2 is 1.82 bits per heavy atom. The molecular formula is C31H43FN2O5S. The second kappa shape index (κ2) is 11.9. The summed E-state index contributed by atoms with van der Waals surface area (Å²) >= 11 is 0. The molecule has 0 bridgehead atoms. The van der Waals surface area contributed by atoms with Crippen LogP contribution in [0.2, 0.25) is 0 Å². The van der Waals surface area contributed by atoms with Crippen LogP contribution in [0.15, 0.2) is 49.1 Å². The number of anilines is 1. The summed E-state index contributed by atoms with van der Waals surface area (Å²) in [5.41, 5.74) is 7.84. The van der Waals surface area contributed by atoms with Gasteiger partial charge >= 0.3 is 6.09 Å². The lowest BCUT2D eigenvalue weighted by Gasteiger charge is -2.41. The molecule has 2 aromatic carbocycles. The maximum absolute atomic E-state index is 14.6. The lowest BCUT2D eigenvalue weighted by molar-refractivity contribution is -0.0172. The summed E-state index contributed by atoms with van der Waals surface area (Å²) in [5.74, 6) is -2.06. The van der Waals surface area contributed by atoms with E-state index in [4.69, 9.17) is 10.5 Å². The number of halogens is 1. The van der Waals surface area contributed by atoms with E-state index in [1.54, 1.807) is 32.9 Å². The van der Waals surface area contributed by atoms with Crippen LogP contribution < -0.4 is 5.73 Å². The monoisotopic (exact) mass is 574 g/mol. The van der Waals surface area contributed by atoms with E-state index in [1.807, 2.05) is 24.3 Å². The maximum Gasteiger partial charge on any atom is 0.410 e. The Morgan fingerprint density at radius 3 is 2.42 bits per heavy atom. The number of hydrogen-bond donors (Lipinski definition) is 2. The molecule has 3 unspecified atom stereocenters. The number of sulfone groups is 1. The second-order valence-corrected chi connectivity index (χ2v) is 15.0. The molecule has 3 atom stereocenters. The number of aliphatic hydroxyl groups is 1. The lowest BCUT2D eigenvalue weighted by Crippen LogP contribution is -2.58. The van der Waals surface area contributed by atoms with Gasteiger partial charge in [0.15, 0.2) is 9.84 Å². The van der Waals surface area contributed by atoms with Crippen LogP contribution in [-0.2, 0) is 39.4 Å². The Hall–Kier alpha value is -2.91. The standard InChI is InChI=1S/C31H43FN2O5S/c1-8-10-22-13-21(16-25(32)27(22)33)14-23-18-40(37,38)19-26(28(23)35)34(29(36)39-31(5,6)7)17-20-11-9-12-24(15-20)30(2,3)4/h8-9,11-13,15-16,23,26,28,35H,1,10,14,17-19,33H2,2-7H3. The van der Waals surface area contributed by atoms with Gasteiger partial charge in [0.2, 0.25) is 0 Å². The fourth-order valence-corrected chi connectivity index (χ4v) is 7.07. The molecule has 1 amide bonds. The molecule has 0 spiro atoms. The molecule has 220 valence electrons. The first-order valence-corrected chi connectivity index (χ1v) is 15.4. The Morgan fingerprint density at radius 1 is 1.15 bits per heavy atom. The number of rotatable bonds is 7. The van der Waals surface area contributed by atoms with Gasteiger partial charge in [-0.15, -0.1) is 6.58 Å². The summed E-state index contributed by atoms with van der Waals surface area (Å²) in [6, 6.07) is 9.69. The van der Waals surface area contributed by atoms with E-state index < -0.39 is 51.2 Å². The lowest BCUT2D eigenvalue weighted by atomic mass is 9.86. The van der Waals surface area contributed by atoms with Crippen LogP contribution in [0.4, 0.5) is 14.9 Å². The molecule has 40 heavy (non-hydrogen) atoms. The van der Waals surface area contributed by atoms with E-state index in [2.05, 4.69) is 27.4 Å². The Kier molecular flexibility index (Phi) is 9.41. The minimum absolute atomic E-state index is 0.0203. The maximum atomic E-state index is 14.6. The van der Waals surface area contributed by atoms with Crippen molar-refractivity contribution in [1.29, 1.82) is 0 Å². The first-order valence-electron chi connectivity index (χ1n) is 13.6. The van der Waals surface area contributed by atoms with E-state index in [-0.39, 0.29) is 29.8 Å². The minimum atomic E-state index is -3.66. The van der Waals surface area contributed by atoms with Crippen molar-refractivity contribution in [3.8, 4) is 0 Å². The van der Waals surface area contributed by atoms with E-state index in [0.717, 1.165) is 11.1 Å². The molecule has 1 saturated heterocycles. The second-order valence-electron chi connectivity index (χ2n) is 12.8. The largest absolute Gasteiger partial charge is 0.444 e. The zero-order valence-electron chi connectivity index (χ0n) is 24.4. The van der Waals surface area contributed by atoms with Crippen LogP contribution in [0, 0.1) is 11.7 Å². The fourth-order valence-electron chi connectivity index (χ4n) is 5.07. The van der Waals surface area contributed by atoms with Crippen molar-refractivity contribution in [2.75, 3.05) is 17.2 Å². The summed E-state index contributed by atoms with van der Waals surface area (Å²) in [6.45, 7) is 15.2. The molecule has 0 radical (unpaired) electrons. The summed E-state index contributed by atoms with van der Waals surface area (Å²) in [5, 5.41) is 11.5. The zero-order chi connectivity index (χ0) is 30.0. The van der Waals surface area contributed by atoms with Crippen LogP contribution in [0.1, 0.15) is 63.8 Å². The minimum Gasteiger partial charge on any atom is -0.444 e. The summed E-state index contributed by atoms with van der Waals surface area (Å²) in [7, 11) is -3.66. The SMILES string of the molecule is C=CCc1cc(CC2CS(=O)(=O)CC(N(Cc3cccc(C(C)(C)C)c3)C(=O)OC(C)(C)C)C2O)cc(F)c1N. The van der Waals surface area contributed by atoms with Crippen molar-refractivity contribution in [2.24, 2.45) is 5.92 Å². The van der Waals surface area contributed by atoms with Crippen LogP contribution in [0.5, 0.6) is 0 Å². The highest BCUT2D eigenvalue weighted by Crippen LogP contribution is 2.31. The number of amides is 1. The summed E-state index contributed by atoms with van der Waals surface area (Å²) in [4.78, 5) is 14.8. The summed E-state index contributed by atoms with van der Waals surface area (Å²) < 4.78 is 46.6. The van der Waals surface area contributed by atoms with Gasteiger partial charge in [-0.05, 0) is 67.3 Å². The van der Waals surface area contributed by atoms with Gasteiger partial charge in [0, 0.05) is 12.5 Å². The van der Waals surface area contributed by atoms with E-state index >= 15 is 0 Å². The molecule has 1 aliphatic rings. The van der Waals surface area contributed by atoms with E-state index in [9.17, 15) is 22.7 Å². The quantitative estimate of drug-likeness (QED) is 0.348. The smallest absolute Gasteiger partial charge is 0.410 e. The fraction of sp³-hybridized carbons (Fsp3) is 0.516. The average molecular weight is 575 g/mol. The van der Waals surface area contributed by atoms with E-state index in [1.165, 1.54) is 11.0 Å². The molecule has 7 nitrogen and oxygen atoms in total. The molecular weight excluding hydrogens is 531 g/mol. The molecule has 0 aliphatic carbocycles. The number of carbonyl (C=O) groups is 1. The Labute approximate surface area is 238 Å². The number of benzene rings is 2. The van der Waals surface area contributed by atoms with Gasteiger partial charge in [-0.1, -0.05) is 57.2 Å². The molecule has 1 fully saturated rings. The highest BCUT2D eigenvalue weighted by atomic mass is 32.2. The molecule has 3 rings (SSSR count). The van der Waals surface area contributed by atoms with Crippen molar-refractivity contribution in [2.45, 2.75) is 84.1 Å². The van der Waals surface area contributed by atoms with Crippen molar-refractivity contribution >= 4 is 21.6 Å². The highest BCUT2D eigenvalue weighted by molar-refractivity contribution is 7.91. The van der Waals surface area contributed by atoms with Gasteiger partial charge < -0.3 is 15.6 Å². The van der Waals surface area contributed by atoms with Gasteiger partial charge in [-0.25, -0.2) is 17.6 Å². The van der Waals surface area contributed by atoms with Gasteiger partial charge in [-0.3, -0.25) is 4.90 Å². The molecule has 1 aliphatic heterocycles. The normalized spacial score (nSPS) is 21.1. The molecule has 3 N–H and O–H groups in total. The van der Waals surface area contributed by atoms with Crippen LogP contribution in [0.25, 0.3) is 0 Å². The molecule has 0 aromatic heterocycles. The number of nitrogens with zero attached hydrogens (tertiary/aromatic N) is 1. The zero-order valence-corrected chi connectivity index (χ0v) is 25.2. The number of nitrogens with two attached hydrogens (primary N) is 1.